The molecular formula is C33H48F3NO2. The average molecular weight is 548 g/mol. The van der Waals surface area contributed by atoms with E-state index in [4.69, 9.17) is 4.74 Å². The molecule has 2 aromatic carbocycles. The second-order valence-electron chi connectivity index (χ2n) is 10.9. The van der Waals surface area contributed by atoms with Crippen LogP contribution >= 0.6 is 0 Å². The molecule has 2 aromatic rings. The summed E-state index contributed by atoms with van der Waals surface area (Å²) in [7, 11) is 4.24. The van der Waals surface area contributed by atoms with Gasteiger partial charge >= 0.3 is 6.18 Å². The van der Waals surface area contributed by atoms with Crippen LogP contribution in [0.4, 0.5) is 13.2 Å². The number of benzene rings is 2. The fourth-order valence-electron chi connectivity index (χ4n) is 4.94. The second kappa shape index (κ2) is 18.1. The summed E-state index contributed by atoms with van der Waals surface area (Å²) in [6.45, 7) is 2.83. The standard InChI is InChI=1S/C33H48F3NO2/c1-4-5-6-7-8-9-10-11-15-18-30(37(2)3)23-24-39-31-21-19-28(20-22-32(38)33(34,35)36)26-29(31)25-27-16-13-12-14-17-27/h12-14,16-17,19,21,26,30H,4-11,15,18,20,22-25H2,1-3H3. The molecule has 0 heterocycles. The van der Waals surface area contributed by atoms with Gasteiger partial charge < -0.3 is 9.64 Å². The summed E-state index contributed by atoms with van der Waals surface area (Å²) >= 11 is 0. The SMILES string of the molecule is CCCCCCCCCCCC(CCOc1ccc(CCC(=O)C(F)(F)F)cc1Cc1ccccc1)N(C)C. The van der Waals surface area contributed by atoms with Crippen LogP contribution in [-0.2, 0) is 17.6 Å². The van der Waals surface area contributed by atoms with Gasteiger partial charge in [0.05, 0.1) is 6.61 Å². The van der Waals surface area contributed by atoms with Crippen LogP contribution < -0.4 is 4.74 Å². The Hall–Kier alpha value is -2.34. The number of unbranched alkanes of at least 4 members (excludes halogenated alkanes) is 8. The summed E-state index contributed by atoms with van der Waals surface area (Å²) in [5, 5.41) is 0. The maximum Gasteiger partial charge on any atom is 0.449 e. The number of Topliss-reactive ketones (excluding diaryl/α,β-unsaturated/α-hetero) is 1. The van der Waals surface area contributed by atoms with Crippen LogP contribution in [0.2, 0.25) is 0 Å². The predicted molar refractivity (Wildman–Crippen MR) is 155 cm³/mol. The first-order valence-electron chi connectivity index (χ1n) is 14.8. The summed E-state index contributed by atoms with van der Waals surface area (Å²) < 4.78 is 44.2. The highest BCUT2D eigenvalue weighted by Gasteiger charge is 2.37. The van der Waals surface area contributed by atoms with Crippen molar-refractivity contribution < 1.29 is 22.7 Å². The molecule has 0 amide bonds. The Morgan fingerprint density at radius 2 is 1.49 bits per heavy atom. The Labute approximate surface area is 234 Å². The monoisotopic (exact) mass is 547 g/mol. The average Bonchev–Trinajstić information content (AvgIpc) is 2.90. The fraction of sp³-hybridized carbons (Fsp3) is 0.606. The Balaban J connectivity index is 1.90. The van der Waals surface area contributed by atoms with E-state index in [0.29, 0.717) is 24.6 Å². The van der Waals surface area contributed by atoms with Crippen LogP contribution in [0.15, 0.2) is 48.5 Å². The molecule has 218 valence electrons. The molecule has 3 nitrogen and oxygen atoms in total. The van der Waals surface area contributed by atoms with Crippen LogP contribution in [0.25, 0.3) is 0 Å². The zero-order valence-electron chi connectivity index (χ0n) is 24.2. The molecule has 1 unspecified atom stereocenters. The highest BCUT2D eigenvalue weighted by atomic mass is 19.4. The zero-order valence-corrected chi connectivity index (χ0v) is 24.2. The Bertz CT molecular complexity index is 944. The van der Waals surface area contributed by atoms with Gasteiger partial charge in [-0.05, 0) is 56.1 Å². The van der Waals surface area contributed by atoms with Gasteiger partial charge in [-0.25, -0.2) is 0 Å². The molecule has 39 heavy (non-hydrogen) atoms. The van der Waals surface area contributed by atoms with Gasteiger partial charge in [-0.1, -0.05) is 107 Å². The summed E-state index contributed by atoms with van der Waals surface area (Å²) in [4.78, 5) is 13.6. The van der Waals surface area contributed by atoms with E-state index in [1.54, 1.807) is 6.07 Å². The number of carbonyl (C=O) groups excluding carboxylic acids is 1. The molecule has 6 heteroatoms. The number of carbonyl (C=O) groups is 1. The van der Waals surface area contributed by atoms with Gasteiger partial charge in [0.2, 0.25) is 5.78 Å². The zero-order chi connectivity index (χ0) is 28.5. The minimum atomic E-state index is -4.78. The highest BCUT2D eigenvalue weighted by molar-refractivity contribution is 5.84. The van der Waals surface area contributed by atoms with E-state index < -0.39 is 18.4 Å². The summed E-state index contributed by atoms with van der Waals surface area (Å²) in [5.41, 5.74) is 2.74. The van der Waals surface area contributed by atoms with Crippen LogP contribution in [-0.4, -0.2) is 43.6 Å². The molecule has 0 aliphatic rings. The van der Waals surface area contributed by atoms with E-state index >= 15 is 0 Å². The molecule has 0 saturated heterocycles. The highest BCUT2D eigenvalue weighted by Crippen LogP contribution is 2.26. The number of halogens is 3. The molecule has 0 N–H and O–H groups in total. The molecule has 0 aliphatic heterocycles. The van der Waals surface area contributed by atoms with Crippen molar-refractivity contribution in [3.63, 3.8) is 0 Å². The minimum Gasteiger partial charge on any atom is -0.493 e. The summed E-state index contributed by atoms with van der Waals surface area (Å²) in [5.74, 6) is -0.931. The molecule has 0 saturated carbocycles. The predicted octanol–water partition coefficient (Wildman–Crippen LogP) is 8.96. The number of ether oxygens (including phenoxy) is 1. The minimum absolute atomic E-state index is 0.0574. The molecule has 0 bridgehead atoms. The third-order valence-electron chi connectivity index (χ3n) is 7.40. The summed E-state index contributed by atoms with van der Waals surface area (Å²) in [6, 6.07) is 15.9. The second-order valence-corrected chi connectivity index (χ2v) is 10.9. The number of nitrogens with zero attached hydrogens (tertiary/aromatic N) is 1. The molecule has 2 rings (SSSR count). The van der Waals surface area contributed by atoms with Crippen LogP contribution in [0.3, 0.4) is 0 Å². The topological polar surface area (TPSA) is 29.5 Å². The van der Waals surface area contributed by atoms with Crippen molar-refractivity contribution in [2.45, 2.75) is 109 Å². The van der Waals surface area contributed by atoms with Gasteiger partial charge in [0.1, 0.15) is 5.75 Å². The first-order chi connectivity index (χ1) is 18.7. The van der Waals surface area contributed by atoms with Crippen molar-refractivity contribution in [2.24, 2.45) is 0 Å². The van der Waals surface area contributed by atoms with Gasteiger partial charge in [0.15, 0.2) is 0 Å². The van der Waals surface area contributed by atoms with E-state index in [0.717, 1.165) is 29.7 Å². The maximum absolute atomic E-state index is 12.7. The molecule has 0 spiro atoms. The van der Waals surface area contributed by atoms with Crippen molar-refractivity contribution in [2.75, 3.05) is 20.7 Å². The van der Waals surface area contributed by atoms with Crippen LogP contribution in [0, 0.1) is 0 Å². The Morgan fingerprint density at radius 3 is 2.10 bits per heavy atom. The van der Waals surface area contributed by atoms with E-state index in [1.807, 2.05) is 42.5 Å². The number of hydrogen-bond acceptors (Lipinski definition) is 3. The molecule has 0 aromatic heterocycles. The normalized spacial score (nSPS) is 12.6. The third kappa shape index (κ3) is 13.5. The van der Waals surface area contributed by atoms with Crippen LogP contribution in [0.1, 0.15) is 101 Å². The lowest BCUT2D eigenvalue weighted by molar-refractivity contribution is -0.171. The fourth-order valence-corrected chi connectivity index (χ4v) is 4.94. The Kier molecular flexibility index (Phi) is 15.2. The number of alkyl halides is 3. The van der Waals surface area contributed by atoms with E-state index in [2.05, 4.69) is 25.9 Å². The molecule has 0 radical (unpaired) electrons. The largest absolute Gasteiger partial charge is 0.493 e. The first kappa shape index (κ1) is 32.9. The van der Waals surface area contributed by atoms with E-state index in [-0.39, 0.29) is 6.42 Å². The number of aryl methyl sites for hydroxylation is 1. The first-order valence-corrected chi connectivity index (χ1v) is 14.8. The van der Waals surface area contributed by atoms with Gasteiger partial charge in [-0.3, -0.25) is 4.79 Å². The molecule has 0 fully saturated rings. The summed E-state index contributed by atoms with van der Waals surface area (Å²) in [6.07, 6.45) is 9.30. The van der Waals surface area contributed by atoms with Gasteiger partial charge in [-0.15, -0.1) is 0 Å². The van der Waals surface area contributed by atoms with E-state index in [9.17, 15) is 18.0 Å². The lowest BCUT2D eigenvalue weighted by atomic mass is 9.99. The molecule has 1 atom stereocenters. The quantitative estimate of drug-likeness (QED) is 0.155. The molecular weight excluding hydrogens is 499 g/mol. The van der Waals surface area contributed by atoms with Crippen molar-refractivity contribution in [1.82, 2.24) is 4.90 Å². The smallest absolute Gasteiger partial charge is 0.449 e. The van der Waals surface area contributed by atoms with E-state index in [1.165, 1.54) is 57.8 Å². The van der Waals surface area contributed by atoms with Crippen molar-refractivity contribution in [3.8, 4) is 5.75 Å². The third-order valence-corrected chi connectivity index (χ3v) is 7.40. The Morgan fingerprint density at radius 1 is 0.846 bits per heavy atom. The van der Waals surface area contributed by atoms with Gasteiger partial charge in [0, 0.05) is 18.9 Å². The number of hydrogen-bond donors (Lipinski definition) is 0. The lowest BCUT2D eigenvalue weighted by Crippen LogP contribution is -2.29. The molecule has 0 aliphatic carbocycles. The van der Waals surface area contributed by atoms with Crippen LogP contribution in [0.5, 0.6) is 5.75 Å². The van der Waals surface area contributed by atoms with Crippen molar-refractivity contribution in [3.05, 3.63) is 65.2 Å². The number of rotatable bonds is 20. The maximum atomic E-state index is 12.7. The van der Waals surface area contributed by atoms with Crippen molar-refractivity contribution in [1.29, 1.82) is 0 Å². The lowest BCUT2D eigenvalue weighted by Gasteiger charge is -2.25. The van der Waals surface area contributed by atoms with Gasteiger partial charge in [0.25, 0.3) is 0 Å². The van der Waals surface area contributed by atoms with Gasteiger partial charge in [-0.2, -0.15) is 13.2 Å². The number of ketones is 1. The van der Waals surface area contributed by atoms with Crippen molar-refractivity contribution >= 4 is 5.78 Å².